The van der Waals surface area contributed by atoms with E-state index in [-0.39, 0.29) is 5.69 Å². The summed E-state index contributed by atoms with van der Waals surface area (Å²) in [6, 6.07) is 11.8. The maximum Gasteiger partial charge on any atom is 0.268 e. The molecule has 1 aromatic carbocycles. The first-order valence-electron chi connectivity index (χ1n) is 10.6. The Labute approximate surface area is 195 Å². The number of aryl methyl sites for hydroxylation is 1. The van der Waals surface area contributed by atoms with Crippen LogP contribution in [0.3, 0.4) is 0 Å². The number of aromatic amines is 1. The average Bonchev–Trinajstić information content (AvgIpc) is 3.25. The molecule has 9 nitrogen and oxygen atoms in total. The van der Waals surface area contributed by atoms with Gasteiger partial charge in [-0.25, -0.2) is 4.98 Å². The maximum absolute atomic E-state index is 12.4. The van der Waals surface area contributed by atoms with Crippen LogP contribution in [0.4, 0.5) is 5.95 Å². The molecule has 0 spiro atoms. The number of carbonyl (C=O) groups is 1. The van der Waals surface area contributed by atoms with Gasteiger partial charge < -0.3 is 16.4 Å². The van der Waals surface area contributed by atoms with Crippen LogP contribution in [-0.2, 0) is 5.54 Å². The van der Waals surface area contributed by atoms with Gasteiger partial charge in [0, 0.05) is 30.4 Å². The van der Waals surface area contributed by atoms with Crippen molar-refractivity contribution in [1.82, 2.24) is 25.1 Å². The smallest absolute Gasteiger partial charge is 0.268 e. The number of fused-ring (bicyclic) bond motifs is 1. The van der Waals surface area contributed by atoms with E-state index in [1.165, 1.54) is 0 Å². The zero-order valence-electron chi connectivity index (χ0n) is 18.0. The largest absolute Gasteiger partial charge is 0.364 e. The Morgan fingerprint density at radius 2 is 1.88 bits per heavy atom. The number of nitrogens with zero attached hydrogens (tertiary/aromatic N) is 5. The molecular weight excluding hydrogens is 440 g/mol. The second kappa shape index (κ2) is 8.09. The van der Waals surface area contributed by atoms with Gasteiger partial charge in [0.25, 0.3) is 5.91 Å². The van der Waals surface area contributed by atoms with Crippen LogP contribution in [0, 0.1) is 6.92 Å². The molecule has 3 aromatic heterocycles. The number of carbonyl (C=O) groups excluding carboxylic acids is 1. The van der Waals surface area contributed by atoms with Gasteiger partial charge >= 0.3 is 0 Å². The van der Waals surface area contributed by atoms with E-state index in [4.69, 9.17) is 23.1 Å². The molecule has 5 rings (SSSR count). The number of H-pyrrole nitrogens is 1. The van der Waals surface area contributed by atoms with Crippen LogP contribution >= 0.6 is 11.6 Å². The van der Waals surface area contributed by atoms with Crippen molar-refractivity contribution in [2.24, 2.45) is 11.5 Å². The van der Waals surface area contributed by atoms with Crippen LogP contribution in [0.25, 0.3) is 22.3 Å². The highest BCUT2D eigenvalue weighted by molar-refractivity contribution is 6.34. The van der Waals surface area contributed by atoms with E-state index in [9.17, 15) is 4.79 Å². The fraction of sp³-hybridized carbons (Fsp3) is 0.261. The van der Waals surface area contributed by atoms with Crippen LogP contribution in [0.15, 0.2) is 42.6 Å². The summed E-state index contributed by atoms with van der Waals surface area (Å²) in [5.74, 6) is -0.260. The number of halogens is 1. The first kappa shape index (κ1) is 21.3. The fourth-order valence-electron chi connectivity index (χ4n) is 4.33. The number of anilines is 1. The van der Waals surface area contributed by atoms with Crippen LogP contribution in [0.5, 0.6) is 0 Å². The lowest BCUT2D eigenvalue weighted by Gasteiger charge is -2.39. The van der Waals surface area contributed by atoms with E-state index in [1.54, 1.807) is 19.2 Å². The minimum absolute atomic E-state index is 0.0944. The molecule has 10 heteroatoms. The molecule has 0 aliphatic carbocycles. The summed E-state index contributed by atoms with van der Waals surface area (Å²) in [6.07, 6.45) is 3.09. The average molecular weight is 463 g/mol. The van der Waals surface area contributed by atoms with E-state index in [0.717, 1.165) is 18.4 Å². The van der Waals surface area contributed by atoms with Gasteiger partial charge in [-0.05, 0) is 31.4 Å². The molecule has 1 aliphatic rings. The summed E-state index contributed by atoms with van der Waals surface area (Å²) in [5, 5.41) is 8.17. The Morgan fingerprint density at radius 1 is 1.15 bits per heavy atom. The third kappa shape index (κ3) is 3.69. The van der Waals surface area contributed by atoms with Crippen LogP contribution < -0.4 is 16.4 Å². The minimum Gasteiger partial charge on any atom is -0.364 e. The number of piperidine rings is 1. The Balaban J connectivity index is 1.51. The molecule has 1 amide bonds. The highest BCUT2D eigenvalue weighted by Crippen LogP contribution is 2.35. The molecule has 168 valence electrons. The third-order valence-corrected chi connectivity index (χ3v) is 6.73. The van der Waals surface area contributed by atoms with Gasteiger partial charge in [-0.15, -0.1) is 0 Å². The Morgan fingerprint density at radius 3 is 2.58 bits per heavy atom. The molecule has 1 saturated heterocycles. The fourth-order valence-corrected chi connectivity index (χ4v) is 4.54. The molecule has 33 heavy (non-hydrogen) atoms. The second-order valence-electron chi connectivity index (χ2n) is 8.30. The minimum atomic E-state index is -0.664. The SMILES string of the molecule is Cc1nccc(-c2[nH]nc3nc(N4CCC(N)(c5ccccc5)CC4)nc(C(N)=O)c23)c1Cl. The summed E-state index contributed by atoms with van der Waals surface area (Å²) in [4.78, 5) is 27.7. The van der Waals surface area contributed by atoms with Gasteiger partial charge in [0.15, 0.2) is 5.65 Å². The maximum atomic E-state index is 12.4. The molecule has 1 aliphatic heterocycles. The lowest BCUT2D eigenvalue weighted by molar-refractivity contribution is 0.0997. The molecule has 4 aromatic rings. The van der Waals surface area contributed by atoms with Gasteiger partial charge in [0.2, 0.25) is 5.95 Å². The third-order valence-electron chi connectivity index (χ3n) is 6.26. The quantitative estimate of drug-likeness (QED) is 0.423. The number of pyridine rings is 1. The van der Waals surface area contributed by atoms with Gasteiger partial charge in [0.1, 0.15) is 5.69 Å². The van der Waals surface area contributed by atoms with Gasteiger partial charge in [-0.2, -0.15) is 10.1 Å². The van der Waals surface area contributed by atoms with E-state index in [2.05, 4.69) is 37.3 Å². The number of aromatic nitrogens is 5. The summed E-state index contributed by atoms with van der Waals surface area (Å²) in [5.41, 5.74) is 15.4. The van der Waals surface area contributed by atoms with Crippen molar-refractivity contribution in [1.29, 1.82) is 0 Å². The highest BCUT2D eigenvalue weighted by Gasteiger charge is 2.34. The molecule has 0 bridgehead atoms. The van der Waals surface area contributed by atoms with E-state index in [0.29, 0.717) is 52.0 Å². The summed E-state index contributed by atoms with van der Waals surface area (Å²) >= 11 is 6.46. The van der Waals surface area contributed by atoms with Crippen molar-refractivity contribution < 1.29 is 4.79 Å². The summed E-state index contributed by atoms with van der Waals surface area (Å²) < 4.78 is 0. The predicted octanol–water partition coefficient (Wildman–Crippen LogP) is 2.93. The second-order valence-corrected chi connectivity index (χ2v) is 8.68. The van der Waals surface area contributed by atoms with Crippen molar-refractivity contribution in [3.05, 3.63) is 64.6 Å². The van der Waals surface area contributed by atoms with Crippen LogP contribution in [-0.4, -0.2) is 44.1 Å². The van der Waals surface area contributed by atoms with Crippen molar-refractivity contribution >= 4 is 34.5 Å². The Hall–Kier alpha value is -3.56. The highest BCUT2D eigenvalue weighted by atomic mass is 35.5. The van der Waals surface area contributed by atoms with Gasteiger partial charge in [-0.1, -0.05) is 41.9 Å². The summed E-state index contributed by atoms with van der Waals surface area (Å²) in [7, 11) is 0. The molecule has 0 radical (unpaired) electrons. The van der Waals surface area contributed by atoms with E-state index < -0.39 is 11.4 Å². The normalized spacial score (nSPS) is 15.7. The van der Waals surface area contributed by atoms with Crippen LogP contribution in [0.2, 0.25) is 5.02 Å². The molecule has 4 heterocycles. The van der Waals surface area contributed by atoms with E-state index in [1.807, 2.05) is 23.1 Å². The van der Waals surface area contributed by atoms with E-state index >= 15 is 0 Å². The molecule has 0 unspecified atom stereocenters. The number of hydrogen-bond donors (Lipinski definition) is 3. The van der Waals surface area contributed by atoms with Crippen molar-refractivity contribution in [2.75, 3.05) is 18.0 Å². The van der Waals surface area contributed by atoms with Crippen molar-refractivity contribution in [3.63, 3.8) is 0 Å². The molecule has 1 fully saturated rings. The van der Waals surface area contributed by atoms with Gasteiger partial charge in [-0.3, -0.25) is 14.9 Å². The van der Waals surface area contributed by atoms with Crippen molar-refractivity contribution in [2.45, 2.75) is 25.3 Å². The molecule has 0 saturated carbocycles. The zero-order valence-corrected chi connectivity index (χ0v) is 18.8. The molecule has 5 N–H and O–H groups in total. The number of amides is 1. The first-order valence-corrected chi connectivity index (χ1v) is 11.0. The number of nitrogens with two attached hydrogens (primary N) is 2. The predicted molar refractivity (Wildman–Crippen MR) is 127 cm³/mol. The lowest BCUT2D eigenvalue weighted by Crippen LogP contribution is -2.48. The number of nitrogens with one attached hydrogen (secondary N) is 1. The summed E-state index contributed by atoms with van der Waals surface area (Å²) in [6.45, 7) is 3.08. The number of rotatable bonds is 4. The first-order chi connectivity index (χ1) is 15.9. The topological polar surface area (TPSA) is 140 Å². The number of primary amides is 1. The standard InChI is InChI=1S/C23H23ClN8O/c1-13-17(24)15(7-10-27-13)18-16-19(20(25)33)28-22(29-21(16)31-30-18)32-11-8-23(26,9-12-32)14-5-3-2-4-6-14/h2-7,10H,8-9,11-12,26H2,1H3,(H2,25,33)(H,28,29,30,31). The molecule has 0 atom stereocenters. The Kier molecular flexibility index (Phi) is 5.22. The lowest BCUT2D eigenvalue weighted by atomic mass is 9.82. The monoisotopic (exact) mass is 462 g/mol. The Bertz CT molecular complexity index is 1350. The van der Waals surface area contributed by atoms with Crippen molar-refractivity contribution in [3.8, 4) is 11.3 Å². The number of hydrogen-bond acceptors (Lipinski definition) is 7. The molecular formula is C23H23ClN8O. The van der Waals surface area contributed by atoms with Gasteiger partial charge in [0.05, 0.1) is 21.8 Å². The zero-order chi connectivity index (χ0) is 23.2. The number of benzene rings is 1. The van der Waals surface area contributed by atoms with Crippen LogP contribution in [0.1, 0.15) is 34.6 Å².